The van der Waals surface area contributed by atoms with Gasteiger partial charge in [0.05, 0.1) is 17.7 Å². The molecular weight excluding hydrogens is 576 g/mol. The standard InChI is InChI=1S/C30H34N4O8S/c1-5-22(35)41-19-11-7-6-10-18(19)20(42-23-12-8-9-14-39-23)16-21-17(2)24-25(36)33(28-32-13-15-40-28)29(38)34(26(24)43-21)30(3,4)27(31)37/h6-7,10-11,13,15,20,23H,5,8-9,12,14,16H2,1-4H3,(H2,31,37)/t20-,23?/m1/s1. The minimum absolute atomic E-state index is 0.199. The van der Waals surface area contributed by atoms with Gasteiger partial charge in [0.15, 0.2) is 6.29 Å². The molecule has 4 heterocycles. The highest BCUT2D eigenvalue weighted by Crippen LogP contribution is 2.38. The number of benzene rings is 1. The number of esters is 1. The summed E-state index contributed by atoms with van der Waals surface area (Å²) in [5, 5.41) is 0.227. The molecule has 1 aliphatic rings. The number of amides is 1. The third-order valence-electron chi connectivity index (χ3n) is 7.61. The van der Waals surface area contributed by atoms with Crippen LogP contribution in [0.1, 0.15) is 68.6 Å². The number of hydrogen-bond acceptors (Lipinski definition) is 10. The van der Waals surface area contributed by atoms with Crippen molar-refractivity contribution in [3.05, 3.63) is 73.6 Å². The molecule has 228 valence electrons. The lowest BCUT2D eigenvalue weighted by Gasteiger charge is -2.29. The normalized spacial score (nSPS) is 16.3. The van der Waals surface area contributed by atoms with Crippen molar-refractivity contribution < 1.29 is 28.2 Å². The number of primary amides is 1. The Morgan fingerprint density at radius 1 is 1.23 bits per heavy atom. The first-order valence-corrected chi connectivity index (χ1v) is 14.9. The predicted molar refractivity (Wildman–Crippen MR) is 158 cm³/mol. The Hall–Kier alpha value is -4.07. The quantitative estimate of drug-likeness (QED) is 0.208. The van der Waals surface area contributed by atoms with Gasteiger partial charge in [0.2, 0.25) is 5.91 Å². The Balaban J connectivity index is 1.69. The summed E-state index contributed by atoms with van der Waals surface area (Å²) in [6.07, 6.45) is 4.51. The van der Waals surface area contributed by atoms with Gasteiger partial charge in [0.1, 0.15) is 22.4 Å². The second-order valence-electron chi connectivity index (χ2n) is 10.8. The lowest BCUT2D eigenvalue weighted by Crippen LogP contribution is -2.51. The number of para-hydroxylation sites is 1. The van der Waals surface area contributed by atoms with Gasteiger partial charge in [-0.25, -0.2) is 9.78 Å². The third-order valence-corrected chi connectivity index (χ3v) is 8.90. The van der Waals surface area contributed by atoms with E-state index in [1.807, 2.05) is 12.1 Å². The minimum atomic E-state index is -1.50. The van der Waals surface area contributed by atoms with Crippen LogP contribution < -0.4 is 21.7 Å². The summed E-state index contributed by atoms with van der Waals surface area (Å²) in [5.41, 5.74) is 4.04. The van der Waals surface area contributed by atoms with Crippen molar-refractivity contribution in [2.75, 3.05) is 6.61 Å². The molecule has 0 spiro atoms. The Kier molecular flexibility index (Phi) is 8.67. The second-order valence-corrected chi connectivity index (χ2v) is 11.9. The summed E-state index contributed by atoms with van der Waals surface area (Å²) in [7, 11) is 0. The van der Waals surface area contributed by atoms with Gasteiger partial charge < -0.3 is 24.4 Å². The maximum absolute atomic E-state index is 13.8. The molecule has 1 amide bonds. The van der Waals surface area contributed by atoms with Gasteiger partial charge in [-0.2, -0.15) is 4.57 Å². The summed E-state index contributed by atoms with van der Waals surface area (Å²) in [6.45, 7) is 7.09. The van der Waals surface area contributed by atoms with E-state index < -0.39 is 35.1 Å². The van der Waals surface area contributed by atoms with Crippen LogP contribution in [0.15, 0.2) is 50.7 Å². The van der Waals surface area contributed by atoms with Crippen molar-refractivity contribution in [3.8, 4) is 11.8 Å². The first kappa shape index (κ1) is 30.4. The van der Waals surface area contributed by atoms with E-state index in [2.05, 4.69) is 4.98 Å². The van der Waals surface area contributed by atoms with Crippen LogP contribution in [0.5, 0.6) is 5.75 Å². The van der Waals surface area contributed by atoms with Crippen LogP contribution in [0.4, 0.5) is 0 Å². The summed E-state index contributed by atoms with van der Waals surface area (Å²) < 4.78 is 25.4. The van der Waals surface area contributed by atoms with Gasteiger partial charge in [0, 0.05) is 29.9 Å². The number of rotatable bonds is 10. The Morgan fingerprint density at radius 3 is 2.65 bits per heavy atom. The molecule has 1 fully saturated rings. The van der Waals surface area contributed by atoms with Crippen LogP contribution in [0.2, 0.25) is 0 Å². The highest BCUT2D eigenvalue weighted by atomic mass is 32.1. The lowest BCUT2D eigenvalue weighted by molar-refractivity contribution is -0.189. The van der Waals surface area contributed by atoms with E-state index in [-0.39, 0.29) is 35.0 Å². The largest absolute Gasteiger partial charge is 0.431 e. The van der Waals surface area contributed by atoms with Crippen molar-refractivity contribution >= 4 is 33.4 Å². The zero-order chi connectivity index (χ0) is 30.9. The van der Waals surface area contributed by atoms with Gasteiger partial charge >= 0.3 is 17.7 Å². The van der Waals surface area contributed by atoms with E-state index in [4.69, 9.17) is 24.4 Å². The van der Waals surface area contributed by atoms with Crippen molar-refractivity contribution in [2.24, 2.45) is 5.73 Å². The van der Waals surface area contributed by atoms with Gasteiger partial charge in [-0.3, -0.25) is 19.0 Å². The molecule has 2 N–H and O–H groups in total. The molecule has 12 nitrogen and oxygen atoms in total. The number of nitrogens with two attached hydrogens (primary N) is 1. The van der Waals surface area contributed by atoms with Gasteiger partial charge in [-0.15, -0.1) is 11.3 Å². The number of aromatic nitrogens is 3. The molecule has 4 aromatic rings. The van der Waals surface area contributed by atoms with Crippen LogP contribution in [0, 0.1) is 6.92 Å². The molecular formula is C30H34N4O8S. The lowest BCUT2D eigenvalue weighted by atomic mass is 10.0. The molecule has 0 saturated carbocycles. The summed E-state index contributed by atoms with van der Waals surface area (Å²) in [5.74, 6) is -0.779. The highest BCUT2D eigenvalue weighted by molar-refractivity contribution is 7.18. The highest BCUT2D eigenvalue weighted by Gasteiger charge is 2.35. The summed E-state index contributed by atoms with van der Waals surface area (Å²) in [6, 6.07) is 6.92. The van der Waals surface area contributed by atoms with Crippen LogP contribution >= 0.6 is 11.3 Å². The van der Waals surface area contributed by atoms with E-state index in [1.54, 1.807) is 26.0 Å². The second kappa shape index (κ2) is 12.3. The predicted octanol–water partition coefficient (Wildman–Crippen LogP) is 3.87. The molecule has 0 aliphatic carbocycles. The van der Waals surface area contributed by atoms with Gasteiger partial charge in [0.25, 0.3) is 5.56 Å². The Morgan fingerprint density at radius 2 is 2.00 bits per heavy atom. The SMILES string of the molecule is CCC(=O)Oc1ccccc1[C@@H](Cc1sc2c(c1C)c(=O)n(-c1ncco1)c(=O)n2C(C)(C)C(N)=O)OC1CCCCO1. The molecule has 1 unspecified atom stereocenters. The van der Waals surface area contributed by atoms with Crippen molar-refractivity contribution in [1.29, 1.82) is 0 Å². The van der Waals surface area contributed by atoms with E-state index in [0.717, 1.165) is 22.3 Å². The molecule has 0 bridgehead atoms. The van der Waals surface area contributed by atoms with Crippen molar-refractivity contribution in [1.82, 2.24) is 14.1 Å². The Bertz CT molecular complexity index is 1760. The smallest absolute Gasteiger partial charge is 0.341 e. The maximum Gasteiger partial charge on any atom is 0.341 e. The average molecular weight is 611 g/mol. The fourth-order valence-electron chi connectivity index (χ4n) is 5.07. The monoisotopic (exact) mass is 610 g/mol. The van der Waals surface area contributed by atoms with Crippen LogP contribution in [0.25, 0.3) is 16.2 Å². The van der Waals surface area contributed by atoms with E-state index in [9.17, 15) is 19.2 Å². The number of fused-ring (bicyclic) bond motifs is 1. The molecule has 3 aromatic heterocycles. The average Bonchev–Trinajstić information content (AvgIpc) is 3.61. The van der Waals surface area contributed by atoms with Crippen LogP contribution in [-0.2, 0) is 31.0 Å². The molecule has 1 aliphatic heterocycles. The van der Waals surface area contributed by atoms with Gasteiger partial charge in [-0.05, 0) is 51.7 Å². The third kappa shape index (κ3) is 5.79. The molecule has 5 rings (SSSR count). The van der Waals surface area contributed by atoms with E-state index >= 15 is 0 Å². The number of ether oxygens (including phenoxy) is 3. The maximum atomic E-state index is 13.8. The zero-order valence-corrected chi connectivity index (χ0v) is 25.3. The first-order valence-electron chi connectivity index (χ1n) is 14.1. The first-order chi connectivity index (χ1) is 20.5. The minimum Gasteiger partial charge on any atom is -0.431 e. The number of nitrogens with zero attached hydrogens (tertiary/aromatic N) is 3. The number of oxazole rings is 1. The summed E-state index contributed by atoms with van der Waals surface area (Å²) >= 11 is 1.20. The van der Waals surface area contributed by atoms with E-state index in [0.29, 0.717) is 29.9 Å². The molecule has 43 heavy (non-hydrogen) atoms. The Labute approximate surface area is 251 Å². The fraction of sp³-hybridized carbons (Fsp3) is 0.433. The molecule has 0 radical (unpaired) electrons. The van der Waals surface area contributed by atoms with Gasteiger partial charge in [-0.1, -0.05) is 25.1 Å². The number of carbonyl (C=O) groups excluding carboxylic acids is 2. The van der Waals surface area contributed by atoms with Crippen molar-refractivity contribution in [3.63, 3.8) is 0 Å². The van der Waals surface area contributed by atoms with Crippen LogP contribution in [0.3, 0.4) is 0 Å². The molecule has 1 saturated heterocycles. The number of carbonyl (C=O) groups is 2. The topological polar surface area (TPSA) is 158 Å². The number of aryl methyl sites for hydroxylation is 1. The number of hydrogen-bond donors (Lipinski definition) is 1. The van der Waals surface area contributed by atoms with E-state index in [1.165, 1.54) is 42.2 Å². The van der Waals surface area contributed by atoms with Crippen molar-refractivity contribution in [2.45, 2.75) is 77.7 Å². The molecule has 1 aromatic carbocycles. The summed E-state index contributed by atoms with van der Waals surface area (Å²) in [4.78, 5) is 57.5. The molecule has 13 heteroatoms. The number of thiophene rings is 1. The van der Waals surface area contributed by atoms with Crippen LogP contribution in [-0.4, -0.2) is 38.9 Å². The fourth-order valence-corrected chi connectivity index (χ4v) is 6.53. The molecule has 2 atom stereocenters. The zero-order valence-electron chi connectivity index (χ0n) is 24.5.